The molecule has 0 aliphatic heterocycles. The Morgan fingerprint density at radius 1 is 0.966 bits per heavy atom. The molecule has 0 unspecified atom stereocenters. The smallest absolute Gasteiger partial charge is 0.261 e. The number of nitrogens with zero attached hydrogens (tertiary/aromatic N) is 1. The topological polar surface area (TPSA) is 75.7 Å². The minimum absolute atomic E-state index is 0.0206. The fourth-order valence-electron chi connectivity index (χ4n) is 2.82. The molecule has 1 amide bonds. The highest BCUT2D eigenvalue weighted by atomic mass is 32.2. The zero-order chi connectivity index (χ0) is 20.9. The van der Waals surface area contributed by atoms with Crippen molar-refractivity contribution in [3.8, 4) is 5.75 Å². The molecule has 0 aliphatic rings. The number of sulfonamides is 1. The quantitative estimate of drug-likeness (QED) is 0.643. The molecule has 1 N–H and O–H groups in total. The number of carbonyl (C=O) groups is 1. The van der Waals surface area contributed by atoms with Crippen molar-refractivity contribution in [2.45, 2.75) is 11.4 Å². The van der Waals surface area contributed by atoms with Gasteiger partial charge in [0.2, 0.25) is 0 Å². The number of anilines is 1. The van der Waals surface area contributed by atoms with Crippen LogP contribution in [0.3, 0.4) is 0 Å². The van der Waals surface area contributed by atoms with Crippen molar-refractivity contribution in [1.29, 1.82) is 0 Å². The lowest BCUT2D eigenvalue weighted by molar-refractivity contribution is 0.0785. The molecule has 0 bridgehead atoms. The van der Waals surface area contributed by atoms with Crippen LogP contribution in [0.2, 0.25) is 0 Å². The number of benzene rings is 3. The largest absolute Gasteiger partial charge is 0.497 e. The van der Waals surface area contributed by atoms with Crippen molar-refractivity contribution in [1.82, 2.24) is 4.90 Å². The number of hydrogen-bond acceptors (Lipinski definition) is 4. The molecule has 150 valence electrons. The minimum atomic E-state index is -3.84. The van der Waals surface area contributed by atoms with Crippen molar-refractivity contribution in [2.75, 3.05) is 18.9 Å². The highest BCUT2D eigenvalue weighted by molar-refractivity contribution is 7.92. The number of methoxy groups -OCH3 is 1. The zero-order valence-corrected chi connectivity index (χ0v) is 17.0. The van der Waals surface area contributed by atoms with E-state index in [9.17, 15) is 13.2 Å². The van der Waals surface area contributed by atoms with E-state index in [0.29, 0.717) is 23.5 Å². The number of ether oxygens (including phenoxy) is 1. The van der Waals surface area contributed by atoms with Crippen molar-refractivity contribution in [2.24, 2.45) is 0 Å². The molecule has 0 fully saturated rings. The van der Waals surface area contributed by atoms with E-state index in [2.05, 4.69) is 4.72 Å². The van der Waals surface area contributed by atoms with Gasteiger partial charge in [-0.25, -0.2) is 8.42 Å². The van der Waals surface area contributed by atoms with E-state index in [4.69, 9.17) is 4.74 Å². The maximum Gasteiger partial charge on any atom is 0.261 e. The third-order valence-electron chi connectivity index (χ3n) is 4.34. The molecule has 29 heavy (non-hydrogen) atoms. The summed E-state index contributed by atoms with van der Waals surface area (Å²) in [5, 5.41) is 0. The summed E-state index contributed by atoms with van der Waals surface area (Å²) >= 11 is 0. The first-order valence-corrected chi connectivity index (χ1v) is 10.4. The van der Waals surface area contributed by atoms with Crippen LogP contribution in [0.25, 0.3) is 0 Å². The van der Waals surface area contributed by atoms with Crippen LogP contribution in [0.5, 0.6) is 5.75 Å². The number of hydrogen-bond donors (Lipinski definition) is 1. The minimum Gasteiger partial charge on any atom is -0.497 e. The molecule has 0 radical (unpaired) electrons. The van der Waals surface area contributed by atoms with E-state index >= 15 is 0 Å². The Morgan fingerprint density at radius 2 is 1.66 bits per heavy atom. The van der Waals surface area contributed by atoms with Crippen LogP contribution in [0, 0.1) is 0 Å². The molecule has 0 saturated heterocycles. The van der Waals surface area contributed by atoms with Gasteiger partial charge in [-0.3, -0.25) is 9.52 Å². The summed E-state index contributed by atoms with van der Waals surface area (Å²) in [5.74, 6) is 0.373. The Bertz CT molecular complexity index is 1080. The molecule has 0 spiro atoms. The molecule has 0 aliphatic carbocycles. The van der Waals surface area contributed by atoms with E-state index in [1.165, 1.54) is 19.2 Å². The van der Waals surface area contributed by atoms with Crippen LogP contribution in [0.15, 0.2) is 83.8 Å². The Morgan fingerprint density at radius 3 is 2.31 bits per heavy atom. The van der Waals surface area contributed by atoms with Crippen LogP contribution in [0.1, 0.15) is 15.9 Å². The molecule has 3 aromatic rings. The molecule has 3 aromatic carbocycles. The maximum atomic E-state index is 12.8. The van der Waals surface area contributed by atoms with E-state index in [1.807, 2.05) is 30.3 Å². The Balaban J connectivity index is 1.77. The van der Waals surface area contributed by atoms with Gasteiger partial charge in [-0.05, 0) is 48.0 Å². The van der Waals surface area contributed by atoms with Crippen molar-refractivity contribution in [3.63, 3.8) is 0 Å². The predicted molar refractivity (Wildman–Crippen MR) is 112 cm³/mol. The van der Waals surface area contributed by atoms with Crippen molar-refractivity contribution < 1.29 is 17.9 Å². The van der Waals surface area contributed by atoms with Gasteiger partial charge in [-0.1, -0.05) is 36.4 Å². The number of rotatable bonds is 7. The fourth-order valence-corrected chi connectivity index (χ4v) is 3.92. The third-order valence-corrected chi connectivity index (χ3v) is 5.72. The molecular formula is C22H22N2O4S. The molecule has 0 aromatic heterocycles. The molecular weight excluding hydrogens is 388 g/mol. The summed E-state index contributed by atoms with van der Waals surface area (Å²) < 4.78 is 33.0. The predicted octanol–water partition coefficient (Wildman–Crippen LogP) is 3.77. The average Bonchev–Trinajstić information content (AvgIpc) is 2.74. The number of carbonyl (C=O) groups excluding carboxylic acids is 1. The van der Waals surface area contributed by atoms with Gasteiger partial charge in [0.25, 0.3) is 15.9 Å². The van der Waals surface area contributed by atoms with Gasteiger partial charge >= 0.3 is 0 Å². The van der Waals surface area contributed by atoms with Crippen molar-refractivity contribution in [3.05, 3.63) is 90.0 Å². The zero-order valence-electron chi connectivity index (χ0n) is 16.2. The summed E-state index contributed by atoms with van der Waals surface area (Å²) in [6, 6.07) is 22.2. The van der Waals surface area contributed by atoms with Crippen LogP contribution >= 0.6 is 0 Å². The highest BCUT2D eigenvalue weighted by Gasteiger charge is 2.18. The number of amides is 1. The Kier molecular flexibility index (Phi) is 6.19. The summed E-state index contributed by atoms with van der Waals surface area (Å²) in [5.41, 5.74) is 1.71. The molecule has 7 heteroatoms. The van der Waals surface area contributed by atoms with Crippen LogP contribution in [-0.4, -0.2) is 33.4 Å². The van der Waals surface area contributed by atoms with Crippen LogP contribution in [-0.2, 0) is 16.6 Å². The molecule has 0 atom stereocenters. The molecule has 3 rings (SSSR count). The second kappa shape index (κ2) is 8.79. The summed E-state index contributed by atoms with van der Waals surface area (Å²) in [6.45, 7) is 0.431. The number of nitrogens with one attached hydrogen (secondary N) is 1. The van der Waals surface area contributed by atoms with E-state index in [-0.39, 0.29) is 10.8 Å². The normalized spacial score (nSPS) is 11.0. The van der Waals surface area contributed by atoms with Gasteiger partial charge in [0.1, 0.15) is 5.75 Å². The SMILES string of the molecule is COc1ccc(NS(=O)(=O)c2cccc(C(=O)N(C)Cc3ccccc3)c2)cc1. The Labute approximate surface area is 170 Å². The average molecular weight is 410 g/mol. The first kappa shape index (κ1) is 20.4. The summed E-state index contributed by atoms with van der Waals surface area (Å²) in [4.78, 5) is 14.3. The third kappa shape index (κ3) is 5.14. The van der Waals surface area contributed by atoms with Crippen LogP contribution < -0.4 is 9.46 Å². The second-order valence-electron chi connectivity index (χ2n) is 6.51. The van der Waals surface area contributed by atoms with Crippen LogP contribution in [0.4, 0.5) is 5.69 Å². The first-order valence-electron chi connectivity index (χ1n) is 8.95. The van der Waals surface area contributed by atoms with E-state index in [0.717, 1.165) is 5.56 Å². The summed E-state index contributed by atoms with van der Waals surface area (Å²) in [7, 11) is -0.610. The fraction of sp³-hybridized carbons (Fsp3) is 0.136. The maximum absolute atomic E-state index is 12.8. The van der Waals surface area contributed by atoms with E-state index < -0.39 is 10.0 Å². The molecule has 6 nitrogen and oxygen atoms in total. The lowest BCUT2D eigenvalue weighted by Crippen LogP contribution is -2.26. The Hall–Kier alpha value is -3.32. The van der Waals surface area contributed by atoms with Gasteiger partial charge in [-0.2, -0.15) is 0 Å². The molecule has 0 saturated carbocycles. The lowest BCUT2D eigenvalue weighted by atomic mass is 10.1. The van der Waals surface area contributed by atoms with Gasteiger partial charge in [0.05, 0.1) is 12.0 Å². The lowest BCUT2D eigenvalue weighted by Gasteiger charge is -2.18. The van der Waals surface area contributed by atoms with Gasteiger partial charge in [0, 0.05) is 24.8 Å². The van der Waals surface area contributed by atoms with Crippen molar-refractivity contribution >= 4 is 21.6 Å². The first-order chi connectivity index (χ1) is 13.9. The summed E-state index contributed by atoms with van der Waals surface area (Å²) in [6.07, 6.45) is 0. The van der Waals surface area contributed by atoms with Gasteiger partial charge in [0.15, 0.2) is 0 Å². The highest BCUT2D eigenvalue weighted by Crippen LogP contribution is 2.20. The standard InChI is InChI=1S/C22H22N2O4S/c1-24(16-17-7-4-3-5-8-17)22(25)18-9-6-10-21(15-18)29(26,27)23-19-11-13-20(28-2)14-12-19/h3-15,23H,16H2,1-2H3. The molecule has 0 heterocycles. The van der Waals surface area contributed by atoms with Gasteiger partial charge < -0.3 is 9.64 Å². The van der Waals surface area contributed by atoms with E-state index in [1.54, 1.807) is 48.3 Å². The second-order valence-corrected chi connectivity index (χ2v) is 8.19. The monoisotopic (exact) mass is 410 g/mol. The van der Waals surface area contributed by atoms with Gasteiger partial charge in [-0.15, -0.1) is 0 Å².